The second-order valence-corrected chi connectivity index (χ2v) is 6.72. The average molecular weight is 236 g/mol. The summed E-state index contributed by atoms with van der Waals surface area (Å²) in [7, 11) is 0. The van der Waals surface area contributed by atoms with Gasteiger partial charge in [-0.2, -0.15) is 0 Å². The van der Waals surface area contributed by atoms with Gasteiger partial charge in [-0.3, -0.25) is 0 Å². The van der Waals surface area contributed by atoms with Crippen molar-refractivity contribution in [3.63, 3.8) is 0 Å². The van der Waals surface area contributed by atoms with Gasteiger partial charge in [-0.1, -0.05) is 19.8 Å². The Morgan fingerprint density at radius 1 is 0.941 bits per heavy atom. The van der Waals surface area contributed by atoms with Crippen LogP contribution in [-0.4, -0.2) is 36.6 Å². The zero-order valence-electron chi connectivity index (χ0n) is 11.3. The molecular formula is C15H28N2. The van der Waals surface area contributed by atoms with Gasteiger partial charge in [0.05, 0.1) is 0 Å². The molecular weight excluding hydrogens is 208 g/mol. The molecule has 2 nitrogen and oxygen atoms in total. The summed E-state index contributed by atoms with van der Waals surface area (Å²) in [5.41, 5.74) is 0. The lowest BCUT2D eigenvalue weighted by Gasteiger charge is -2.34. The molecule has 2 aliphatic heterocycles. The van der Waals surface area contributed by atoms with Gasteiger partial charge in [-0.05, 0) is 57.0 Å². The van der Waals surface area contributed by atoms with E-state index in [9.17, 15) is 0 Å². The molecule has 2 bridgehead atoms. The molecule has 0 radical (unpaired) electrons. The Hall–Kier alpha value is -0.0800. The van der Waals surface area contributed by atoms with Crippen LogP contribution in [0.1, 0.15) is 51.9 Å². The molecule has 1 N–H and O–H groups in total. The second-order valence-electron chi connectivity index (χ2n) is 6.72. The standard InChI is InChI=1S/C15H28N2/c1-12-3-2-4-14(6-5-12)16-15-8-10-17-9-7-13(15)11-17/h12-16H,2-11H2,1H3. The molecule has 3 rings (SSSR count). The fourth-order valence-electron chi connectivity index (χ4n) is 4.13. The van der Waals surface area contributed by atoms with Crippen molar-refractivity contribution in [2.24, 2.45) is 11.8 Å². The molecule has 2 saturated heterocycles. The maximum absolute atomic E-state index is 4.02. The maximum Gasteiger partial charge on any atom is 0.0123 e. The fourth-order valence-corrected chi connectivity index (χ4v) is 4.13. The first-order valence-corrected chi connectivity index (χ1v) is 7.79. The highest BCUT2D eigenvalue weighted by Gasteiger charge is 2.35. The van der Waals surface area contributed by atoms with Crippen molar-refractivity contribution in [3.8, 4) is 0 Å². The predicted octanol–water partition coefficient (Wildman–Crippen LogP) is 2.64. The molecule has 5 unspecified atom stereocenters. The van der Waals surface area contributed by atoms with Crippen LogP contribution in [0.2, 0.25) is 0 Å². The number of nitrogens with one attached hydrogen (secondary N) is 1. The van der Waals surface area contributed by atoms with Crippen molar-refractivity contribution in [1.29, 1.82) is 0 Å². The molecule has 1 aliphatic carbocycles. The number of rotatable bonds is 2. The number of piperidine rings is 1. The Balaban J connectivity index is 1.52. The summed E-state index contributed by atoms with van der Waals surface area (Å²) in [6.45, 7) is 6.51. The first-order valence-electron chi connectivity index (χ1n) is 7.79. The van der Waals surface area contributed by atoms with Crippen molar-refractivity contribution < 1.29 is 0 Å². The van der Waals surface area contributed by atoms with E-state index in [0.29, 0.717) is 0 Å². The molecule has 5 atom stereocenters. The third kappa shape index (κ3) is 2.85. The zero-order valence-corrected chi connectivity index (χ0v) is 11.3. The van der Waals surface area contributed by atoms with E-state index >= 15 is 0 Å². The third-order valence-corrected chi connectivity index (χ3v) is 5.34. The van der Waals surface area contributed by atoms with Gasteiger partial charge in [-0.15, -0.1) is 0 Å². The van der Waals surface area contributed by atoms with Gasteiger partial charge in [0.25, 0.3) is 0 Å². The van der Waals surface area contributed by atoms with Crippen LogP contribution in [0.5, 0.6) is 0 Å². The van der Waals surface area contributed by atoms with Gasteiger partial charge in [0, 0.05) is 18.6 Å². The van der Waals surface area contributed by atoms with Crippen molar-refractivity contribution in [3.05, 3.63) is 0 Å². The third-order valence-electron chi connectivity index (χ3n) is 5.34. The van der Waals surface area contributed by atoms with Crippen molar-refractivity contribution in [1.82, 2.24) is 10.2 Å². The quantitative estimate of drug-likeness (QED) is 0.742. The lowest BCUT2D eigenvalue weighted by Crippen LogP contribution is -2.47. The highest BCUT2D eigenvalue weighted by Crippen LogP contribution is 2.29. The van der Waals surface area contributed by atoms with E-state index in [1.54, 1.807) is 0 Å². The Bertz CT molecular complexity index is 253. The van der Waals surface area contributed by atoms with Crippen LogP contribution in [0.25, 0.3) is 0 Å². The Morgan fingerprint density at radius 3 is 2.76 bits per heavy atom. The first kappa shape index (κ1) is 12.0. The van der Waals surface area contributed by atoms with E-state index in [0.717, 1.165) is 23.9 Å². The SMILES string of the molecule is CC1CCCC(NC2CCN3CCC2C3)CC1. The van der Waals surface area contributed by atoms with Crippen LogP contribution in [-0.2, 0) is 0 Å². The van der Waals surface area contributed by atoms with Crippen molar-refractivity contribution in [2.75, 3.05) is 19.6 Å². The Labute approximate surface area is 106 Å². The largest absolute Gasteiger partial charge is 0.311 e. The minimum absolute atomic E-state index is 0.831. The van der Waals surface area contributed by atoms with Crippen LogP contribution in [0.3, 0.4) is 0 Å². The Kier molecular flexibility index (Phi) is 3.72. The summed E-state index contributed by atoms with van der Waals surface area (Å²) in [6, 6.07) is 1.67. The second kappa shape index (κ2) is 5.27. The number of nitrogens with zero attached hydrogens (tertiary/aromatic N) is 1. The molecule has 17 heavy (non-hydrogen) atoms. The Morgan fingerprint density at radius 2 is 1.82 bits per heavy atom. The summed E-state index contributed by atoms with van der Waals surface area (Å²) in [5.74, 6) is 1.93. The lowest BCUT2D eigenvalue weighted by atomic mass is 9.92. The van der Waals surface area contributed by atoms with E-state index in [4.69, 9.17) is 0 Å². The smallest absolute Gasteiger partial charge is 0.0123 e. The highest BCUT2D eigenvalue weighted by molar-refractivity contribution is 4.92. The first-order chi connectivity index (χ1) is 8.31. The van der Waals surface area contributed by atoms with Gasteiger partial charge in [0.1, 0.15) is 0 Å². The molecule has 2 heteroatoms. The van der Waals surface area contributed by atoms with Crippen LogP contribution in [0, 0.1) is 11.8 Å². The number of fused-ring (bicyclic) bond motifs is 2. The summed E-state index contributed by atoms with van der Waals surface area (Å²) in [5, 5.41) is 4.02. The molecule has 2 heterocycles. The topological polar surface area (TPSA) is 15.3 Å². The molecule has 0 aromatic rings. The van der Waals surface area contributed by atoms with Crippen LogP contribution in [0.4, 0.5) is 0 Å². The molecule has 0 spiro atoms. The van der Waals surface area contributed by atoms with E-state index < -0.39 is 0 Å². The molecule has 3 aliphatic rings. The van der Waals surface area contributed by atoms with E-state index in [1.807, 2.05) is 0 Å². The van der Waals surface area contributed by atoms with Crippen LogP contribution in [0.15, 0.2) is 0 Å². The molecule has 0 aromatic carbocycles. The highest BCUT2D eigenvalue weighted by atomic mass is 15.2. The van der Waals surface area contributed by atoms with E-state index in [1.165, 1.54) is 64.6 Å². The van der Waals surface area contributed by atoms with Crippen molar-refractivity contribution >= 4 is 0 Å². The lowest BCUT2D eigenvalue weighted by molar-refractivity contribution is 0.205. The average Bonchev–Trinajstić information content (AvgIpc) is 2.60. The summed E-state index contributed by atoms with van der Waals surface area (Å²) in [6.07, 6.45) is 10.0. The van der Waals surface area contributed by atoms with Gasteiger partial charge in [0.15, 0.2) is 0 Å². The minimum Gasteiger partial charge on any atom is -0.311 e. The van der Waals surface area contributed by atoms with Gasteiger partial charge < -0.3 is 10.2 Å². The fraction of sp³-hybridized carbons (Fsp3) is 1.00. The molecule has 98 valence electrons. The maximum atomic E-state index is 4.02. The number of hydrogen-bond donors (Lipinski definition) is 1. The molecule has 0 amide bonds. The predicted molar refractivity (Wildman–Crippen MR) is 72.1 cm³/mol. The van der Waals surface area contributed by atoms with Gasteiger partial charge in [0.2, 0.25) is 0 Å². The van der Waals surface area contributed by atoms with Crippen LogP contribution < -0.4 is 5.32 Å². The molecule has 0 aromatic heterocycles. The summed E-state index contributed by atoms with van der Waals surface area (Å²) >= 11 is 0. The van der Waals surface area contributed by atoms with Crippen molar-refractivity contribution in [2.45, 2.75) is 64.0 Å². The molecule has 1 saturated carbocycles. The zero-order chi connectivity index (χ0) is 11.7. The van der Waals surface area contributed by atoms with Gasteiger partial charge >= 0.3 is 0 Å². The normalized spacial score (nSPS) is 46.8. The number of hydrogen-bond acceptors (Lipinski definition) is 2. The summed E-state index contributed by atoms with van der Waals surface area (Å²) in [4.78, 5) is 2.65. The summed E-state index contributed by atoms with van der Waals surface area (Å²) < 4.78 is 0. The van der Waals surface area contributed by atoms with E-state index in [-0.39, 0.29) is 0 Å². The monoisotopic (exact) mass is 236 g/mol. The minimum atomic E-state index is 0.831. The van der Waals surface area contributed by atoms with Gasteiger partial charge in [-0.25, -0.2) is 0 Å². The molecule has 3 fully saturated rings. The van der Waals surface area contributed by atoms with E-state index in [2.05, 4.69) is 17.1 Å². The van der Waals surface area contributed by atoms with Crippen LogP contribution >= 0.6 is 0 Å².